The molecule has 0 unspecified atom stereocenters. The highest BCUT2D eigenvalue weighted by Gasteiger charge is 2.21. The predicted molar refractivity (Wildman–Crippen MR) is 88.6 cm³/mol. The molecule has 1 aromatic rings. The topological polar surface area (TPSA) is 73.6 Å². The van der Waals surface area contributed by atoms with Gasteiger partial charge in [-0.3, -0.25) is 4.79 Å². The molecular weight excluding hydrogens is 280 g/mol. The lowest BCUT2D eigenvalue weighted by Gasteiger charge is -2.26. The molecular formula is C17H28N2O3. The third kappa shape index (κ3) is 4.91. The lowest BCUT2D eigenvalue weighted by atomic mass is 9.94. The summed E-state index contributed by atoms with van der Waals surface area (Å²) < 4.78 is 10.9. The number of methoxy groups -OCH3 is 1. The number of amides is 1. The van der Waals surface area contributed by atoms with E-state index in [-0.39, 0.29) is 17.6 Å². The van der Waals surface area contributed by atoms with Crippen LogP contribution in [0.1, 0.15) is 50.9 Å². The first-order chi connectivity index (χ1) is 10.3. The highest BCUT2D eigenvalue weighted by Crippen LogP contribution is 2.29. The van der Waals surface area contributed by atoms with Crippen LogP contribution in [0, 0.1) is 0 Å². The van der Waals surface area contributed by atoms with Gasteiger partial charge in [-0.05, 0) is 44.9 Å². The Morgan fingerprint density at radius 2 is 1.91 bits per heavy atom. The van der Waals surface area contributed by atoms with Crippen LogP contribution in [0.25, 0.3) is 0 Å². The lowest BCUT2D eigenvalue weighted by molar-refractivity contribution is 0.0941. The van der Waals surface area contributed by atoms with Gasteiger partial charge in [0.25, 0.3) is 5.91 Å². The molecule has 3 N–H and O–H groups in total. The van der Waals surface area contributed by atoms with Crippen LogP contribution in [-0.4, -0.2) is 31.2 Å². The molecule has 0 aliphatic carbocycles. The summed E-state index contributed by atoms with van der Waals surface area (Å²) in [5, 5.41) is 2.89. The van der Waals surface area contributed by atoms with Crippen LogP contribution in [0.2, 0.25) is 0 Å². The van der Waals surface area contributed by atoms with E-state index in [4.69, 9.17) is 15.2 Å². The van der Waals surface area contributed by atoms with Gasteiger partial charge in [-0.25, -0.2) is 0 Å². The van der Waals surface area contributed by atoms with Crippen molar-refractivity contribution >= 4 is 5.91 Å². The van der Waals surface area contributed by atoms with E-state index in [1.807, 2.05) is 27.7 Å². The molecule has 0 spiro atoms. The molecule has 0 heterocycles. The van der Waals surface area contributed by atoms with Crippen molar-refractivity contribution in [1.29, 1.82) is 0 Å². The van der Waals surface area contributed by atoms with Gasteiger partial charge in [0.15, 0.2) is 11.5 Å². The molecule has 0 aliphatic heterocycles. The van der Waals surface area contributed by atoms with Crippen molar-refractivity contribution in [2.45, 2.75) is 52.2 Å². The van der Waals surface area contributed by atoms with Crippen LogP contribution >= 0.6 is 0 Å². The molecule has 0 aromatic heterocycles. The SMILES string of the molecule is CCC(N)(CC)CNC(=O)c1ccc(OC(C)C)c(OC)c1. The monoisotopic (exact) mass is 308 g/mol. The van der Waals surface area contributed by atoms with Crippen molar-refractivity contribution in [3.05, 3.63) is 23.8 Å². The Bertz CT molecular complexity index is 497. The second kappa shape index (κ2) is 8.03. The van der Waals surface area contributed by atoms with Crippen molar-refractivity contribution in [1.82, 2.24) is 5.32 Å². The number of hydrogen-bond donors (Lipinski definition) is 2. The molecule has 5 nitrogen and oxygen atoms in total. The molecule has 22 heavy (non-hydrogen) atoms. The Balaban J connectivity index is 2.82. The average molecular weight is 308 g/mol. The zero-order valence-electron chi connectivity index (χ0n) is 14.2. The smallest absolute Gasteiger partial charge is 0.251 e. The van der Waals surface area contributed by atoms with Gasteiger partial charge in [0.05, 0.1) is 13.2 Å². The van der Waals surface area contributed by atoms with Gasteiger partial charge >= 0.3 is 0 Å². The highest BCUT2D eigenvalue weighted by atomic mass is 16.5. The van der Waals surface area contributed by atoms with Gasteiger partial charge in [0.2, 0.25) is 0 Å². The maximum atomic E-state index is 12.3. The number of carbonyl (C=O) groups is 1. The fourth-order valence-corrected chi connectivity index (χ4v) is 2.02. The molecule has 5 heteroatoms. The molecule has 0 bridgehead atoms. The van der Waals surface area contributed by atoms with Crippen LogP contribution < -0.4 is 20.5 Å². The molecule has 0 saturated carbocycles. The zero-order chi connectivity index (χ0) is 16.8. The minimum Gasteiger partial charge on any atom is -0.493 e. The number of benzene rings is 1. The first-order valence-corrected chi connectivity index (χ1v) is 7.77. The van der Waals surface area contributed by atoms with Gasteiger partial charge in [-0.1, -0.05) is 13.8 Å². The summed E-state index contributed by atoms with van der Waals surface area (Å²) in [5.74, 6) is 1.02. The van der Waals surface area contributed by atoms with Gasteiger partial charge in [0, 0.05) is 17.6 Å². The summed E-state index contributed by atoms with van der Waals surface area (Å²) in [6.45, 7) is 8.38. The maximum absolute atomic E-state index is 12.3. The lowest BCUT2D eigenvalue weighted by Crippen LogP contribution is -2.49. The van der Waals surface area contributed by atoms with Gasteiger partial charge in [-0.2, -0.15) is 0 Å². The third-order valence-corrected chi connectivity index (χ3v) is 3.80. The van der Waals surface area contributed by atoms with E-state index in [0.29, 0.717) is 23.6 Å². The van der Waals surface area contributed by atoms with Crippen LogP contribution in [0.4, 0.5) is 0 Å². The van der Waals surface area contributed by atoms with Gasteiger partial charge < -0.3 is 20.5 Å². The molecule has 0 aliphatic rings. The van der Waals surface area contributed by atoms with E-state index in [0.717, 1.165) is 12.8 Å². The van der Waals surface area contributed by atoms with Crippen molar-refractivity contribution in [3.63, 3.8) is 0 Å². The first-order valence-electron chi connectivity index (χ1n) is 7.77. The zero-order valence-corrected chi connectivity index (χ0v) is 14.2. The molecule has 1 rings (SSSR count). The standard InChI is InChI=1S/C17H28N2O3/c1-6-17(18,7-2)11-19-16(20)13-8-9-14(22-12(3)4)15(10-13)21-5/h8-10,12H,6-7,11,18H2,1-5H3,(H,19,20). The fraction of sp³-hybridized carbons (Fsp3) is 0.588. The fourth-order valence-electron chi connectivity index (χ4n) is 2.02. The Morgan fingerprint density at radius 3 is 2.41 bits per heavy atom. The summed E-state index contributed by atoms with van der Waals surface area (Å²) >= 11 is 0. The van der Waals surface area contributed by atoms with Crippen LogP contribution in [0.5, 0.6) is 11.5 Å². The number of carbonyl (C=O) groups excluding carboxylic acids is 1. The van der Waals surface area contributed by atoms with Crippen molar-refractivity contribution in [2.75, 3.05) is 13.7 Å². The Hall–Kier alpha value is -1.75. The maximum Gasteiger partial charge on any atom is 0.251 e. The Labute approximate surface area is 133 Å². The number of rotatable bonds is 8. The third-order valence-electron chi connectivity index (χ3n) is 3.80. The predicted octanol–water partition coefficient (Wildman–Crippen LogP) is 2.73. The molecule has 0 saturated heterocycles. The van der Waals surface area contributed by atoms with Crippen molar-refractivity contribution in [2.24, 2.45) is 5.73 Å². The van der Waals surface area contributed by atoms with E-state index in [9.17, 15) is 4.79 Å². The van der Waals surface area contributed by atoms with E-state index >= 15 is 0 Å². The van der Waals surface area contributed by atoms with E-state index in [1.165, 1.54) is 0 Å². The van der Waals surface area contributed by atoms with Crippen LogP contribution in [0.3, 0.4) is 0 Å². The highest BCUT2D eigenvalue weighted by molar-refractivity contribution is 5.94. The van der Waals surface area contributed by atoms with Crippen LogP contribution in [-0.2, 0) is 0 Å². The van der Waals surface area contributed by atoms with E-state index in [2.05, 4.69) is 5.32 Å². The summed E-state index contributed by atoms with van der Waals surface area (Å²) in [4.78, 5) is 12.3. The molecule has 0 radical (unpaired) electrons. The number of nitrogens with two attached hydrogens (primary N) is 1. The van der Waals surface area contributed by atoms with Gasteiger partial charge in [-0.15, -0.1) is 0 Å². The van der Waals surface area contributed by atoms with Gasteiger partial charge in [0.1, 0.15) is 0 Å². The Kier molecular flexibility index (Phi) is 6.68. The summed E-state index contributed by atoms with van der Waals surface area (Å²) in [6.07, 6.45) is 1.67. The second-order valence-electron chi connectivity index (χ2n) is 5.78. The molecule has 124 valence electrons. The number of ether oxygens (including phenoxy) is 2. The van der Waals surface area contributed by atoms with Crippen LogP contribution in [0.15, 0.2) is 18.2 Å². The molecule has 0 atom stereocenters. The first kappa shape index (κ1) is 18.3. The normalized spacial score (nSPS) is 11.4. The minimum absolute atomic E-state index is 0.0422. The quantitative estimate of drug-likeness (QED) is 0.774. The van der Waals surface area contributed by atoms with Crippen molar-refractivity contribution in [3.8, 4) is 11.5 Å². The number of nitrogens with one attached hydrogen (secondary N) is 1. The number of hydrogen-bond acceptors (Lipinski definition) is 4. The van der Waals surface area contributed by atoms with E-state index < -0.39 is 0 Å². The molecule has 1 aromatic carbocycles. The summed E-state index contributed by atoms with van der Waals surface area (Å²) in [6, 6.07) is 5.16. The van der Waals surface area contributed by atoms with E-state index in [1.54, 1.807) is 25.3 Å². The summed E-state index contributed by atoms with van der Waals surface area (Å²) in [7, 11) is 1.56. The largest absolute Gasteiger partial charge is 0.493 e. The summed E-state index contributed by atoms with van der Waals surface area (Å²) in [5.41, 5.74) is 6.37. The second-order valence-corrected chi connectivity index (χ2v) is 5.78. The van der Waals surface area contributed by atoms with Crippen molar-refractivity contribution < 1.29 is 14.3 Å². The average Bonchev–Trinajstić information content (AvgIpc) is 2.52. The Morgan fingerprint density at radius 1 is 1.27 bits per heavy atom. The molecule has 1 amide bonds. The molecule has 0 fully saturated rings. The minimum atomic E-state index is -0.361.